The minimum absolute atomic E-state index is 0.323. The molecule has 126 valence electrons. The lowest BCUT2D eigenvalue weighted by molar-refractivity contribution is -0.120. The third-order valence-electron chi connectivity index (χ3n) is 3.62. The molecule has 1 aliphatic rings. The van der Waals surface area contributed by atoms with Crippen LogP contribution in [0, 0.1) is 12.7 Å². The van der Waals surface area contributed by atoms with E-state index < -0.39 is 17.7 Å². The third-order valence-corrected chi connectivity index (χ3v) is 3.62. The molecular formula is C17H23FN2O3. The second-order valence-corrected chi connectivity index (χ2v) is 6.78. The van der Waals surface area contributed by atoms with Gasteiger partial charge in [-0.05, 0) is 58.2 Å². The zero-order valence-electron chi connectivity index (χ0n) is 14.0. The van der Waals surface area contributed by atoms with Crippen LogP contribution in [-0.2, 0) is 9.53 Å². The van der Waals surface area contributed by atoms with Gasteiger partial charge in [-0.1, -0.05) is 6.07 Å². The minimum atomic E-state index is -0.610. The highest BCUT2D eigenvalue weighted by molar-refractivity contribution is 5.96. The van der Waals surface area contributed by atoms with Crippen molar-refractivity contribution < 1.29 is 18.7 Å². The normalized spacial score (nSPS) is 18.0. The van der Waals surface area contributed by atoms with Crippen molar-refractivity contribution in [3.63, 3.8) is 0 Å². The number of carbonyl (C=O) groups is 2. The van der Waals surface area contributed by atoms with E-state index in [-0.39, 0.29) is 11.7 Å². The average molecular weight is 322 g/mol. The first kappa shape index (κ1) is 17.2. The maximum atomic E-state index is 13.6. The van der Waals surface area contributed by atoms with Crippen LogP contribution in [0.5, 0.6) is 0 Å². The van der Waals surface area contributed by atoms with Gasteiger partial charge in [0.1, 0.15) is 17.5 Å². The maximum absolute atomic E-state index is 13.6. The molecule has 2 amide bonds. The Balaban J connectivity index is 2.05. The van der Waals surface area contributed by atoms with Gasteiger partial charge in [-0.2, -0.15) is 0 Å². The monoisotopic (exact) mass is 322 g/mol. The standard InChI is InChI=1S/C17H23FN2O3/c1-11-7-8-12(10-13(11)18)19-15(21)14-6-5-9-20(14)16(22)23-17(2,3)4/h7-8,10,14H,5-6,9H2,1-4H3,(H,19,21)/t14-/m1/s1. The molecule has 0 radical (unpaired) electrons. The number of anilines is 1. The number of halogens is 1. The molecule has 0 unspecified atom stereocenters. The Morgan fingerprint density at radius 1 is 1.35 bits per heavy atom. The van der Waals surface area contributed by atoms with Gasteiger partial charge in [0.15, 0.2) is 0 Å². The van der Waals surface area contributed by atoms with Crippen LogP contribution in [0.15, 0.2) is 18.2 Å². The number of benzene rings is 1. The van der Waals surface area contributed by atoms with Crippen molar-refractivity contribution in [2.75, 3.05) is 11.9 Å². The van der Waals surface area contributed by atoms with Crippen LogP contribution in [0.25, 0.3) is 0 Å². The van der Waals surface area contributed by atoms with E-state index in [2.05, 4.69) is 5.32 Å². The number of likely N-dealkylation sites (tertiary alicyclic amines) is 1. The van der Waals surface area contributed by atoms with Gasteiger partial charge >= 0.3 is 6.09 Å². The SMILES string of the molecule is Cc1ccc(NC(=O)[C@H]2CCCN2C(=O)OC(C)(C)C)cc1F. The van der Waals surface area contributed by atoms with Gasteiger partial charge in [0.2, 0.25) is 5.91 Å². The summed E-state index contributed by atoms with van der Waals surface area (Å²) in [6, 6.07) is 3.93. The van der Waals surface area contributed by atoms with Gasteiger partial charge < -0.3 is 10.1 Å². The van der Waals surface area contributed by atoms with Gasteiger partial charge in [0.25, 0.3) is 0 Å². The molecule has 23 heavy (non-hydrogen) atoms. The summed E-state index contributed by atoms with van der Waals surface area (Å²) in [5, 5.41) is 2.67. The van der Waals surface area contributed by atoms with Crippen LogP contribution in [0.1, 0.15) is 39.2 Å². The van der Waals surface area contributed by atoms with Gasteiger partial charge in [0, 0.05) is 12.2 Å². The zero-order valence-corrected chi connectivity index (χ0v) is 14.0. The molecule has 5 nitrogen and oxygen atoms in total. The summed E-state index contributed by atoms with van der Waals surface area (Å²) in [6.45, 7) is 7.48. The average Bonchev–Trinajstić information content (AvgIpc) is 2.90. The fourth-order valence-electron chi connectivity index (χ4n) is 2.47. The number of aryl methyl sites for hydroxylation is 1. The van der Waals surface area contributed by atoms with Gasteiger partial charge in [-0.15, -0.1) is 0 Å². The van der Waals surface area contributed by atoms with Crippen molar-refractivity contribution >= 4 is 17.7 Å². The number of carbonyl (C=O) groups excluding carboxylic acids is 2. The Labute approximate surface area is 135 Å². The van der Waals surface area contributed by atoms with Gasteiger partial charge in [0.05, 0.1) is 0 Å². The molecule has 1 heterocycles. The molecule has 0 saturated carbocycles. The van der Waals surface area contributed by atoms with Gasteiger partial charge in [-0.3, -0.25) is 9.69 Å². The summed E-state index contributed by atoms with van der Waals surface area (Å²) in [5.74, 6) is -0.699. The molecule has 1 N–H and O–H groups in total. The number of ether oxygens (including phenoxy) is 1. The molecular weight excluding hydrogens is 299 g/mol. The number of nitrogens with zero attached hydrogens (tertiary/aromatic N) is 1. The lowest BCUT2D eigenvalue weighted by atomic mass is 10.2. The molecule has 1 atom stereocenters. The van der Waals surface area contributed by atoms with Crippen LogP contribution < -0.4 is 5.32 Å². The van der Waals surface area contributed by atoms with Crippen LogP contribution in [-0.4, -0.2) is 35.1 Å². The topological polar surface area (TPSA) is 58.6 Å². The molecule has 0 aliphatic carbocycles. The van der Waals surface area contributed by atoms with E-state index in [1.807, 2.05) is 0 Å². The number of nitrogens with one attached hydrogen (secondary N) is 1. The van der Waals surface area contributed by atoms with E-state index in [0.717, 1.165) is 6.42 Å². The summed E-state index contributed by atoms with van der Waals surface area (Å²) in [7, 11) is 0. The fraction of sp³-hybridized carbons (Fsp3) is 0.529. The van der Waals surface area contributed by atoms with Gasteiger partial charge in [-0.25, -0.2) is 9.18 Å². The smallest absolute Gasteiger partial charge is 0.410 e. The highest BCUT2D eigenvalue weighted by Gasteiger charge is 2.36. The van der Waals surface area contributed by atoms with Crippen LogP contribution in [0.2, 0.25) is 0 Å². The summed E-state index contributed by atoms with van der Waals surface area (Å²) in [4.78, 5) is 26.0. The zero-order chi connectivity index (χ0) is 17.2. The van der Waals surface area contributed by atoms with E-state index >= 15 is 0 Å². The molecule has 1 fully saturated rings. The van der Waals surface area contributed by atoms with E-state index in [4.69, 9.17) is 4.74 Å². The third kappa shape index (κ3) is 4.43. The molecule has 0 aromatic heterocycles. The van der Waals surface area contributed by atoms with E-state index in [9.17, 15) is 14.0 Å². The van der Waals surface area contributed by atoms with Crippen molar-refractivity contribution in [1.82, 2.24) is 4.90 Å². The maximum Gasteiger partial charge on any atom is 0.410 e. The molecule has 1 aromatic rings. The van der Waals surface area contributed by atoms with E-state index in [1.165, 1.54) is 11.0 Å². The van der Waals surface area contributed by atoms with E-state index in [0.29, 0.717) is 24.2 Å². The molecule has 1 aromatic carbocycles. The largest absolute Gasteiger partial charge is 0.444 e. The summed E-state index contributed by atoms with van der Waals surface area (Å²) in [5.41, 5.74) is 0.286. The van der Waals surface area contributed by atoms with E-state index in [1.54, 1.807) is 39.8 Å². The van der Waals surface area contributed by atoms with Crippen molar-refractivity contribution in [3.05, 3.63) is 29.6 Å². The lowest BCUT2D eigenvalue weighted by Gasteiger charge is -2.28. The Morgan fingerprint density at radius 3 is 2.65 bits per heavy atom. The molecule has 1 aliphatic heterocycles. The van der Waals surface area contributed by atoms with Crippen LogP contribution >= 0.6 is 0 Å². The minimum Gasteiger partial charge on any atom is -0.444 e. The highest BCUT2D eigenvalue weighted by atomic mass is 19.1. The number of hydrogen-bond donors (Lipinski definition) is 1. The quantitative estimate of drug-likeness (QED) is 0.907. The molecule has 0 bridgehead atoms. The van der Waals surface area contributed by atoms with Crippen molar-refractivity contribution in [2.24, 2.45) is 0 Å². The fourth-order valence-corrected chi connectivity index (χ4v) is 2.47. The predicted octanol–water partition coefficient (Wildman–Crippen LogP) is 3.47. The molecule has 6 heteroatoms. The van der Waals surface area contributed by atoms with Crippen molar-refractivity contribution in [2.45, 2.75) is 52.2 Å². The van der Waals surface area contributed by atoms with Crippen LogP contribution in [0.4, 0.5) is 14.9 Å². The first-order chi connectivity index (χ1) is 10.7. The first-order valence-electron chi connectivity index (χ1n) is 7.74. The summed E-state index contributed by atoms with van der Waals surface area (Å²) < 4.78 is 18.9. The predicted molar refractivity (Wildman–Crippen MR) is 85.7 cm³/mol. The lowest BCUT2D eigenvalue weighted by Crippen LogP contribution is -2.45. The summed E-state index contributed by atoms with van der Waals surface area (Å²) in [6.07, 6.45) is 0.809. The van der Waals surface area contributed by atoms with Crippen LogP contribution in [0.3, 0.4) is 0 Å². The Morgan fingerprint density at radius 2 is 2.04 bits per heavy atom. The Hall–Kier alpha value is -2.11. The van der Waals surface area contributed by atoms with Crippen molar-refractivity contribution in [3.8, 4) is 0 Å². The second kappa shape index (κ2) is 6.56. The highest BCUT2D eigenvalue weighted by Crippen LogP contribution is 2.22. The Bertz CT molecular complexity index is 610. The number of amides is 2. The van der Waals surface area contributed by atoms with Crippen molar-refractivity contribution in [1.29, 1.82) is 0 Å². The summed E-state index contributed by atoms with van der Waals surface area (Å²) >= 11 is 0. The number of rotatable bonds is 2. The second-order valence-electron chi connectivity index (χ2n) is 6.78. The first-order valence-corrected chi connectivity index (χ1v) is 7.74. The molecule has 0 spiro atoms. The molecule has 2 rings (SSSR count). The molecule has 1 saturated heterocycles. The Kier molecular flexibility index (Phi) is 4.92. The number of hydrogen-bond acceptors (Lipinski definition) is 3.